The van der Waals surface area contributed by atoms with Crippen molar-refractivity contribution in [3.8, 4) is 5.75 Å². The van der Waals surface area contributed by atoms with Crippen LogP contribution in [-0.2, 0) is 0 Å². The van der Waals surface area contributed by atoms with Gasteiger partial charge >= 0.3 is 0 Å². The maximum Gasteiger partial charge on any atom is 0.173 e. The zero-order valence-corrected chi connectivity index (χ0v) is 11.5. The van der Waals surface area contributed by atoms with Gasteiger partial charge in [0.1, 0.15) is 5.75 Å². The van der Waals surface area contributed by atoms with Crippen molar-refractivity contribution < 1.29 is 4.74 Å². The van der Waals surface area contributed by atoms with E-state index >= 15 is 0 Å². The van der Waals surface area contributed by atoms with Gasteiger partial charge in [0, 0.05) is 19.3 Å². The van der Waals surface area contributed by atoms with E-state index in [0.717, 1.165) is 29.5 Å². The van der Waals surface area contributed by atoms with Crippen LogP contribution in [0.3, 0.4) is 0 Å². The molecule has 0 atom stereocenters. The number of thiocarbonyl (C=S) groups is 1. The van der Waals surface area contributed by atoms with E-state index in [4.69, 9.17) is 17.0 Å². The van der Waals surface area contributed by atoms with E-state index in [-0.39, 0.29) is 0 Å². The fourth-order valence-corrected chi connectivity index (χ4v) is 1.62. The molecule has 0 aromatic heterocycles. The summed E-state index contributed by atoms with van der Waals surface area (Å²) >= 11 is 5.32. The number of rotatable bonds is 5. The molecule has 0 bridgehead atoms. The van der Waals surface area contributed by atoms with Gasteiger partial charge in [-0.15, -0.1) is 0 Å². The van der Waals surface area contributed by atoms with Crippen molar-refractivity contribution in [2.24, 2.45) is 0 Å². The highest BCUT2D eigenvalue weighted by molar-refractivity contribution is 7.80. The lowest BCUT2D eigenvalue weighted by Crippen LogP contribution is -2.37. The third kappa shape index (κ3) is 4.23. The highest BCUT2D eigenvalue weighted by atomic mass is 32.1. The van der Waals surface area contributed by atoms with Crippen molar-refractivity contribution in [3.05, 3.63) is 24.3 Å². The zero-order valence-electron chi connectivity index (χ0n) is 10.7. The minimum absolute atomic E-state index is 0.753. The first-order valence-corrected chi connectivity index (χ1v) is 6.25. The van der Waals surface area contributed by atoms with Gasteiger partial charge in [-0.25, -0.2) is 0 Å². The standard InChI is InChI=1S/C13H20N2OS/c1-4-5-10-14-13(17)15(2)11-6-8-12(16-3)9-7-11/h6-9H,4-5,10H2,1-3H3,(H,14,17). The monoisotopic (exact) mass is 252 g/mol. The van der Waals surface area contributed by atoms with Crippen molar-refractivity contribution >= 4 is 23.0 Å². The maximum atomic E-state index is 5.32. The molecule has 0 unspecified atom stereocenters. The lowest BCUT2D eigenvalue weighted by molar-refractivity contribution is 0.415. The van der Waals surface area contributed by atoms with Gasteiger partial charge in [-0.05, 0) is 42.9 Å². The van der Waals surface area contributed by atoms with E-state index in [1.807, 2.05) is 36.2 Å². The van der Waals surface area contributed by atoms with Gasteiger partial charge in [0.2, 0.25) is 0 Å². The van der Waals surface area contributed by atoms with Crippen molar-refractivity contribution in [3.63, 3.8) is 0 Å². The fourth-order valence-electron chi connectivity index (χ4n) is 1.41. The van der Waals surface area contributed by atoms with E-state index in [9.17, 15) is 0 Å². The van der Waals surface area contributed by atoms with E-state index in [1.54, 1.807) is 7.11 Å². The summed E-state index contributed by atoms with van der Waals surface area (Å²) in [4.78, 5) is 1.96. The highest BCUT2D eigenvalue weighted by Crippen LogP contribution is 2.18. The number of benzene rings is 1. The second kappa shape index (κ2) is 7.12. The number of ether oxygens (including phenoxy) is 1. The molecule has 0 amide bonds. The predicted molar refractivity (Wildman–Crippen MR) is 76.9 cm³/mol. The van der Waals surface area contributed by atoms with Crippen LogP contribution in [0.15, 0.2) is 24.3 Å². The summed E-state index contributed by atoms with van der Waals surface area (Å²) in [7, 11) is 3.62. The molecular formula is C13H20N2OS. The Bertz CT molecular complexity index is 351. The quantitative estimate of drug-likeness (QED) is 0.643. The molecule has 0 saturated carbocycles. The molecule has 0 saturated heterocycles. The third-order valence-corrected chi connectivity index (χ3v) is 2.99. The Hall–Kier alpha value is -1.29. The first-order chi connectivity index (χ1) is 8.19. The molecule has 17 heavy (non-hydrogen) atoms. The first-order valence-electron chi connectivity index (χ1n) is 5.84. The van der Waals surface area contributed by atoms with Gasteiger partial charge in [0.25, 0.3) is 0 Å². The van der Waals surface area contributed by atoms with Crippen LogP contribution in [0.5, 0.6) is 5.75 Å². The largest absolute Gasteiger partial charge is 0.497 e. The van der Waals surface area contributed by atoms with E-state index < -0.39 is 0 Å². The van der Waals surface area contributed by atoms with E-state index in [0.29, 0.717) is 0 Å². The Balaban J connectivity index is 2.55. The smallest absolute Gasteiger partial charge is 0.173 e. The summed E-state index contributed by atoms with van der Waals surface area (Å²) in [6.07, 6.45) is 2.30. The van der Waals surface area contributed by atoms with Gasteiger partial charge in [-0.1, -0.05) is 13.3 Å². The predicted octanol–water partition coefficient (Wildman–Crippen LogP) is 2.81. The van der Waals surface area contributed by atoms with Crippen LogP contribution >= 0.6 is 12.2 Å². The topological polar surface area (TPSA) is 24.5 Å². The normalized spacial score (nSPS) is 9.82. The van der Waals surface area contributed by atoms with E-state index in [2.05, 4.69) is 12.2 Å². The maximum absolute atomic E-state index is 5.32. The first kappa shape index (κ1) is 13.8. The second-order valence-corrected chi connectivity index (χ2v) is 4.23. The lowest BCUT2D eigenvalue weighted by atomic mass is 10.3. The Kier molecular flexibility index (Phi) is 5.77. The van der Waals surface area contributed by atoms with Crippen molar-refractivity contribution in [2.75, 3.05) is 25.6 Å². The molecule has 0 spiro atoms. The van der Waals surface area contributed by atoms with Crippen LogP contribution in [0.2, 0.25) is 0 Å². The average molecular weight is 252 g/mol. The third-order valence-electron chi connectivity index (χ3n) is 2.57. The number of nitrogens with one attached hydrogen (secondary N) is 1. The number of methoxy groups -OCH3 is 1. The molecule has 0 aliphatic rings. The number of nitrogens with zero attached hydrogens (tertiary/aromatic N) is 1. The molecule has 0 heterocycles. The summed E-state index contributed by atoms with van der Waals surface area (Å²) in [5.74, 6) is 0.854. The van der Waals surface area contributed by atoms with E-state index in [1.165, 1.54) is 6.42 Å². The Morgan fingerprint density at radius 1 is 1.35 bits per heavy atom. The van der Waals surface area contributed by atoms with Gasteiger partial charge < -0.3 is 15.0 Å². The fraction of sp³-hybridized carbons (Fsp3) is 0.462. The Morgan fingerprint density at radius 3 is 2.53 bits per heavy atom. The van der Waals surface area contributed by atoms with Gasteiger partial charge in [-0.3, -0.25) is 0 Å². The number of anilines is 1. The molecule has 1 N–H and O–H groups in total. The summed E-state index contributed by atoms with van der Waals surface area (Å²) in [5, 5.41) is 3.99. The zero-order chi connectivity index (χ0) is 12.7. The van der Waals surface area contributed by atoms with Crippen LogP contribution < -0.4 is 15.0 Å². The minimum atomic E-state index is 0.753. The summed E-state index contributed by atoms with van der Waals surface area (Å²) < 4.78 is 5.12. The van der Waals surface area contributed by atoms with Gasteiger partial charge in [-0.2, -0.15) is 0 Å². The summed E-state index contributed by atoms with van der Waals surface area (Å²) in [6, 6.07) is 7.85. The molecular weight excluding hydrogens is 232 g/mol. The van der Waals surface area contributed by atoms with Gasteiger partial charge in [0.05, 0.1) is 7.11 Å². The Labute approximate surface area is 109 Å². The van der Waals surface area contributed by atoms with Crippen LogP contribution in [0, 0.1) is 0 Å². The van der Waals surface area contributed by atoms with Crippen LogP contribution in [0.4, 0.5) is 5.69 Å². The summed E-state index contributed by atoms with van der Waals surface area (Å²) in [6.45, 7) is 3.09. The molecule has 0 aliphatic carbocycles. The minimum Gasteiger partial charge on any atom is -0.497 e. The molecule has 1 aromatic carbocycles. The van der Waals surface area contributed by atoms with Crippen molar-refractivity contribution in [2.45, 2.75) is 19.8 Å². The molecule has 0 aliphatic heterocycles. The lowest BCUT2D eigenvalue weighted by Gasteiger charge is -2.21. The number of hydrogen-bond acceptors (Lipinski definition) is 2. The Morgan fingerprint density at radius 2 is 2.00 bits per heavy atom. The van der Waals surface area contributed by atoms with Gasteiger partial charge in [0.15, 0.2) is 5.11 Å². The van der Waals surface area contributed by atoms with Crippen molar-refractivity contribution in [1.82, 2.24) is 5.32 Å². The number of hydrogen-bond donors (Lipinski definition) is 1. The highest BCUT2D eigenvalue weighted by Gasteiger charge is 2.05. The molecule has 1 rings (SSSR count). The van der Waals surface area contributed by atoms with Crippen LogP contribution in [-0.4, -0.2) is 25.8 Å². The molecule has 0 radical (unpaired) electrons. The summed E-state index contributed by atoms with van der Waals surface area (Å²) in [5.41, 5.74) is 1.06. The molecule has 3 nitrogen and oxygen atoms in total. The molecule has 4 heteroatoms. The second-order valence-electron chi connectivity index (χ2n) is 3.84. The SMILES string of the molecule is CCCCNC(=S)N(C)c1ccc(OC)cc1. The van der Waals surface area contributed by atoms with Crippen LogP contribution in [0.25, 0.3) is 0 Å². The molecule has 0 fully saturated rings. The number of unbranched alkanes of at least 4 members (excludes halogenated alkanes) is 1. The van der Waals surface area contributed by atoms with Crippen molar-refractivity contribution in [1.29, 1.82) is 0 Å². The molecule has 94 valence electrons. The molecule has 1 aromatic rings. The average Bonchev–Trinajstić information content (AvgIpc) is 2.38. The van der Waals surface area contributed by atoms with Crippen LogP contribution in [0.1, 0.15) is 19.8 Å².